The Morgan fingerprint density at radius 3 is 2.50 bits per heavy atom. The second-order valence-electron chi connectivity index (χ2n) is 9.59. The summed E-state index contributed by atoms with van der Waals surface area (Å²) in [6, 6.07) is 0. The number of alkyl halides is 2. The van der Waals surface area contributed by atoms with Gasteiger partial charge in [-0.2, -0.15) is 0 Å². The second-order valence-corrected chi connectivity index (χ2v) is 9.59. The molecule has 0 aromatic rings. The minimum absolute atomic E-state index is 0.0488. The van der Waals surface area contributed by atoms with Crippen LogP contribution in [-0.2, 0) is 0 Å². The van der Waals surface area contributed by atoms with Gasteiger partial charge in [0.1, 0.15) is 5.60 Å². The maximum atomic E-state index is 14.6. The molecule has 2 N–H and O–H groups in total. The quantitative estimate of drug-likeness (QED) is 0.645. The molecule has 0 aliphatic heterocycles. The smallest absolute Gasteiger partial charge is 0.276 e. The molecule has 2 nitrogen and oxygen atoms in total. The molecule has 3 fully saturated rings. The third-order valence-electron chi connectivity index (χ3n) is 8.77. The van der Waals surface area contributed by atoms with E-state index in [1.54, 1.807) is 0 Å². The lowest BCUT2D eigenvalue weighted by molar-refractivity contribution is -0.199. The zero-order valence-corrected chi connectivity index (χ0v) is 15.0. The van der Waals surface area contributed by atoms with Gasteiger partial charge in [-0.25, -0.2) is 8.78 Å². The molecule has 4 heteroatoms. The minimum Gasteiger partial charge on any atom is -0.393 e. The Morgan fingerprint density at radius 1 is 1.08 bits per heavy atom. The van der Waals surface area contributed by atoms with Crippen molar-refractivity contribution in [2.45, 2.75) is 83.3 Å². The van der Waals surface area contributed by atoms with Crippen molar-refractivity contribution in [3.05, 3.63) is 11.6 Å². The highest BCUT2D eigenvalue weighted by molar-refractivity contribution is 5.27. The molecule has 4 aliphatic carbocycles. The van der Waals surface area contributed by atoms with Crippen LogP contribution in [0.3, 0.4) is 0 Å². The minimum atomic E-state index is -3.00. The molecular weight excluding hydrogens is 310 g/mol. The first-order chi connectivity index (χ1) is 11.0. The average Bonchev–Trinajstić information content (AvgIpc) is 2.64. The van der Waals surface area contributed by atoms with Crippen LogP contribution in [0.4, 0.5) is 8.78 Å². The summed E-state index contributed by atoms with van der Waals surface area (Å²) >= 11 is 0. The van der Waals surface area contributed by atoms with E-state index in [9.17, 15) is 19.0 Å². The number of rotatable bonds is 0. The maximum absolute atomic E-state index is 14.6. The summed E-state index contributed by atoms with van der Waals surface area (Å²) in [4.78, 5) is 0. The van der Waals surface area contributed by atoms with Crippen molar-refractivity contribution in [1.29, 1.82) is 0 Å². The highest BCUT2D eigenvalue weighted by Gasteiger charge is 2.72. The van der Waals surface area contributed by atoms with E-state index in [-0.39, 0.29) is 29.8 Å². The summed E-state index contributed by atoms with van der Waals surface area (Å²) in [7, 11) is 0. The Hall–Kier alpha value is -0.480. The topological polar surface area (TPSA) is 40.5 Å². The summed E-state index contributed by atoms with van der Waals surface area (Å²) < 4.78 is 29.2. The van der Waals surface area contributed by atoms with Gasteiger partial charge < -0.3 is 10.2 Å². The van der Waals surface area contributed by atoms with Crippen LogP contribution in [0.25, 0.3) is 0 Å². The summed E-state index contributed by atoms with van der Waals surface area (Å²) in [6.07, 6.45) is 6.74. The average molecular weight is 340 g/mol. The lowest BCUT2D eigenvalue weighted by Crippen LogP contribution is -2.56. The Labute approximate surface area is 143 Å². The van der Waals surface area contributed by atoms with Crippen LogP contribution in [0, 0.1) is 28.6 Å². The van der Waals surface area contributed by atoms with E-state index in [1.807, 2.05) is 6.92 Å². The van der Waals surface area contributed by atoms with Crippen LogP contribution < -0.4 is 0 Å². The molecule has 7 atom stereocenters. The van der Waals surface area contributed by atoms with Crippen LogP contribution in [0.2, 0.25) is 0 Å². The van der Waals surface area contributed by atoms with Crippen LogP contribution >= 0.6 is 0 Å². The first kappa shape index (κ1) is 17.0. The first-order valence-electron chi connectivity index (χ1n) is 9.51. The fraction of sp³-hybridized carbons (Fsp3) is 0.900. The SMILES string of the molecule is C[C@]12CC[C@H](O)CC1=CC[C@@H]1[C@@H]2CC[C@@]2(C)[C@H]1CC(F)(F)[C@]2(C)O. The van der Waals surface area contributed by atoms with Crippen molar-refractivity contribution >= 4 is 0 Å². The monoisotopic (exact) mass is 340 g/mol. The fourth-order valence-corrected chi connectivity index (χ4v) is 6.84. The molecular formula is C20H30F2O2. The summed E-state index contributed by atoms with van der Waals surface area (Å²) in [6.45, 7) is 5.53. The van der Waals surface area contributed by atoms with Crippen LogP contribution in [0.15, 0.2) is 11.6 Å². The molecule has 0 amide bonds. The number of hydrogen-bond donors (Lipinski definition) is 2. The molecule has 4 aliphatic rings. The standard InChI is InChI=1S/C20H30F2O2/c1-17-8-6-13(23)10-12(17)4-5-14-15(17)7-9-18(2)16(14)11-20(21,22)19(18,3)24/h4,13-16,23-24H,5-11H2,1-3H3/t13-,14+,15-,16-,17-,18-,19+/m0/s1. The third kappa shape index (κ3) is 1.87. The molecule has 0 aromatic heterocycles. The molecule has 136 valence electrons. The normalized spacial score (nSPS) is 56.0. The number of hydrogen-bond acceptors (Lipinski definition) is 2. The Balaban J connectivity index is 1.72. The molecule has 0 spiro atoms. The highest BCUT2D eigenvalue weighted by atomic mass is 19.3. The van der Waals surface area contributed by atoms with Crippen LogP contribution in [-0.4, -0.2) is 27.8 Å². The summed E-state index contributed by atoms with van der Waals surface area (Å²) in [5, 5.41) is 20.7. The van der Waals surface area contributed by atoms with Crippen molar-refractivity contribution in [2.24, 2.45) is 28.6 Å². The number of aliphatic hydroxyl groups is 2. The van der Waals surface area contributed by atoms with E-state index in [1.165, 1.54) is 12.5 Å². The van der Waals surface area contributed by atoms with Gasteiger partial charge in [-0.15, -0.1) is 0 Å². The summed E-state index contributed by atoms with van der Waals surface area (Å²) in [5.74, 6) is -2.49. The Bertz CT molecular complexity index is 584. The van der Waals surface area contributed by atoms with E-state index >= 15 is 0 Å². The molecule has 0 bridgehead atoms. The van der Waals surface area contributed by atoms with Gasteiger partial charge in [-0.05, 0) is 68.6 Å². The maximum Gasteiger partial charge on any atom is 0.276 e. The van der Waals surface area contributed by atoms with Gasteiger partial charge in [-0.3, -0.25) is 0 Å². The molecule has 4 rings (SSSR count). The zero-order valence-electron chi connectivity index (χ0n) is 15.0. The van der Waals surface area contributed by atoms with Crippen molar-refractivity contribution in [3.8, 4) is 0 Å². The molecule has 0 heterocycles. The summed E-state index contributed by atoms with van der Waals surface area (Å²) in [5.41, 5.74) is -1.22. The number of halogens is 2. The van der Waals surface area contributed by atoms with Gasteiger partial charge in [0.05, 0.1) is 6.10 Å². The predicted octanol–water partition coefficient (Wildman–Crippen LogP) is 4.31. The van der Waals surface area contributed by atoms with Gasteiger partial charge in [0, 0.05) is 11.8 Å². The molecule has 0 saturated heterocycles. The van der Waals surface area contributed by atoms with Crippen molar-refractivity contribution < 1.29 is 19.0 Å². The number of fused-ring (bicyclic) bond motifs is 5. The second kappa shape index (κ2) is 4.82. The van der Waals surface area contributed by atoms with Crippen molar-refractivity contribution in [2.75, 3.05) is 0 Å². The Morgan fingerprint density at radius 2 is 1.79 bits per heavy atom. The molecule has 0 unspecified atom stereocenters. The molecule has 3 saturated carbocycles. The van der Waals surface area contributed by atoms with Gasteiger partial charge in [-0.1, -0.05) is 25.5 Å². The molecule has 24 heavy (non-hydrogen) atoms. The molecule has 0 aromatic carbocycles. The first-order valence-corrected chi connectivity index (χ1v) is 9.51. The lowest BCUT2D eigenvalue weighted by atomic mass is 9.47. The van der Waals surface area contributed by atoms with Crippen LogP contribution in [0.1, 0.15) is 65.7 Å². The van der Waals surface area contributed by atoms with E-state index in [0.717, 1.165) is 32.1 Å². The van der Waals surface area contributed by atoms with E-state index < -0.39 is 16.9 Å². The van der Waals surface area contributed by atoms with E-state index in [4.69, 9.17) is 0 Å². The van der Waals surface area contributed by atoms with E-state index in [0.29, 0.717) is 12.3 Å². The number of allylic oxidation sites excluding steroid dienone is 1. The van der Waals surface area contributed by atoms with Gasteiger partial charge in [0.2, 0.25) is 0 Å². The van der Waals surface area contributed by atoms with E-state index in [2.05, 4.69) is 13.0 Å². The van der Waals surface area contributed by atoms with Gasteiger partial charge in [0.15, 0.2) is 0 Å². The molecule has 0 radical (unpaired) electrons. The predicted molar refractivity (Wildman–Crippen MR) is 88.7 cm³/mol. The fourth-order valence-electron chi connectivity index (χ4n) is 6.84. The zero-order chi connectivity index (χ0) is 17.5. The largest absolute Gasteiger partial charge is 0.393 e. The van der Waals surface area contributed by atoms with Crippen molar-refractivity contribution in [3.63, 3.8) is 0 Å². The Kier molecular flexibility index (Phi) is 3.41. The lowest BCUT2D eigenvalue weighted by Gasteiger charge is -2.58. The number of aliphatic hydroxyl groups excluding tert-OH is 1. The van der Waals surface area contributed by atoms with Gasteiger partial charge in [0.25, 0.3) is 5.92 Å². The third-order valence-corrected chi connectivity index (χ3v) is 8.77. The van der Waals surface area contributed by atoms with Crippen LogP contribution in [0.5, 0.6) is 0 Å². The highest BCUT2D eigenvalue weighted by Crippen LogP contribution is 2.69. The van der Waals surface area contributed by atoms with Crippen molar-refractivity contribution in [1.82, 2.24) is 0 Å². The van der Waals surface area contributed by atoms with Gasteiger partial charge >= 0.3 is 0 Å².